The van der Waals surface area contributed by atoms with Crippen molar-refractivity contribution >= 4 is 5.91 Å². The molecule has 1 saturated heterocycles. The molecule has 132 valence electrons. The average molecular weight is 330 g/mol. The fourth-order valence-electron chi connectivity index (χ4n) is 4.17. The van der Waals surface area contributed by atoms with Crippen LogP contribution in [0.15, 0.2) is 18.2 Å². The molecule has 0 N–H and O–H groups in total. The highest BCUT2D eigenvalue weighted by Gasteiger charge is 2.28. The minimum atomic E-state index is 0.304. The third-order valence-electron chi connectivity index (χ3n) is 5.84. The molecule has 0 aromatic heterocycles. The van der Waals surface area contributed by atoms with Gasteiger partial charge in [0, 0.05) is 19.5 Å². The minimum Gasteiger partial charge on any atom is -0.497 e. The first-order chi connectivity index (χ1) is 11.6. The number of amides is 1. The summed E-state index contributed by atoms with van der Waals surface area (Å²) in [5.74, 6) is 1.59. The number of hydrogen-bond acceptors (Lipinski definition) is 3. The Kier molecular flexibility index (Phi) is 5.44. The van der Waals surface area contributed by atoms with Gasteiger partial charge in [-0.2, -0.15) is 0 Å². The number of likely N-dealkylation sites (tertiary alicyclic amines) is 1. The van der Waals surface area contributed by atoms with Gasteiger partial charge >= 0.3 is 0 Å². The third kappa shape index (κ3) is 3.75. The number of fused-ring (bicyclic) bond motifs is 1. The standard InChI is InChI=1S/C20H30N2O2/c1-21-11-9-17(10-12-21)22(2)20(23)14-16-6-4-5-15-13-18(24-3)7-8-19(15)16/h7-8,13,16-17H,4-6,9-12,14H2,1-3H3/t16-/m1/s1. The van der Waals surface area contributed by atoms with Crippen molar-refractivity contribution in [2.24, 2.45) is 0 Å². The molecule has 3 rings (SSSR count). The Labute approximate surface area is 145 Å². The van der Waals surface area contributed by atoms with Crippen molar-refractivity contribution in [2.75, 3.05) is 34.3 Å². The minimum absolute atomic E-state index is 0.304. The fourth-order valence-corrected chi connectivity index (χ4v) is 4.17. The number of nitrogens with zero attached hydrogens (tertiary/aromatic N) is 2. The lowest BCUT2D eigenvalue weighted by Gasteiger charge is -2.36. The van der Waals surface area contributed by atoms with E-state index < -0.39 is 0 Å². The summed E-state index contributed by atoms with van der Waals surface area (Å²) in [5, 5.41) is 0. The predicted octanol–water partition coefficient (Wildman–Crippen LogP) is 3.06. The maximum Gasteiger partial charge on any atom is 0.223 e. The molecular formula is C20H30N2O2. The largest absolute Gasteiger partial charge is 0.497 e. The zero-order chi connectivity index (χ0) is 17.1. The van der Waals surface area contributed by atoms with Crippen LogP contribution >= 0.6 is 0 Å². The van der Waals surface area contributed by atoms with E-state index in [2.05, 4.69) is 24.1 Å². The molecule has 0 saturated carbocycles. The number of piperidine rings is 1. The van der Waals surface area contributed by atoms with E-state index in [1.165, 1.54) is 11.1 Å². The first kappa shape index (κ1) is 17.3. The van der Waals surface area contributed by atoms with Crippen LogP contribution in [-0.2, 0) is 11.2 Å². The molecule has 1 atom stereocenters. The second-order valence-electron chi connectivity index (χ2n) is 7.40. The molecule has 24 heavy (non-hydrogen) atoms. The van der Waals surface area contributed by atoms with Gasteiger partial charge in [-0.15, -0.1) is 0 Å². The number of ether oxygens (including phenoxy) is 1. The van der Waals surface area contributed by atoms with E-state index in [-0.39, 0.29) is 0 Å². The van der Waals surface area contributed by atoms with Gasteiger partial charge in [0.15, 0.2) is 0 Å². The van der Waals surface area contributed by atoms with Gasteiger partial charge < -0.3 is 14.5 Å². The van der Waals surface area contributed by atoms with E-state index in [0.717, 1.165) is 50.9 Å². The van der Waals surface area contributed by atoms with Gasteiger partial charge in [-0.3, -0.25) is 4.79 Å². The molecule has 0 radical (unpaired) electrons. The van der Waals surface area contributed by atoms with Crippen LogP contribution in [0.5, 0.6) is 5.75 Å². The molecule has 0 bridgehead atoms. The molecular weight excluding hydrogens is 300 g/mol. The Bertz CT molecular complexity index is 579. The van der Waals surface area contributed by atoms with Crippen LogP contribution in [0.25, 0.3) is 0 Å². The van der Waals surface area contributed by atoms with Gasteiger partial charge in [-0.25, -0.2) is 0 Å². The van der Waals surface area contributed by atoms with E-state index in [4.69, 9.17) is 4.74 Å². The van der Waals surface area contributed by atoms with Crippen LogP contribution < -0.4 is 4.74 Å². The van der Waals surface area contributed by atoms with Crippen molar-refractivity contribution < 1.29 is 9.53 Å². The van der Waals surface area contributed by atoms with Crippen molar-refractivity contribution in [3.05, 3.63) is 29.3 Å². The first-order valence-corrected chi connectivity index (χ1v) is 9.19. The van der Waals surface area contributed by atoms with Crippen LogP contribution in [0, 0.1) is 0 Å². The smallest absolute Gasteiger partial charge is 0.223 e. The molecule has 1 aliphatic carbocycles. The SMILES string of the molecule is COc1ccc2c(c1)CCC[C@@H]2CC(=O)N(C)C1CCN(C)CC1. The van der Waals surface area contributed by atoms with E-state index >= 15 is 0 Å². The Balaban J connectivity index is 1.65. The van der Waals surface area contributed by atoms with Crippen LogP contribution in [0.3, 0.4) is 0 Å². The number of aryl methyl sites for hydroxylation is 1. The predicted molar refractivity (Wildman–Crippen MR) is 96.6 cm³/mol. The Morgan fingerprint density at radius 2 is 2.04 bits per heavy atom. The fraction of sp³-hybridized carbons (Fsp3) is 0.650. The van der Waals surface area contributed by atoms with Crippen molar-refractivity contribution in [3.8, 4) is 5.75 Å². The lowest BCUT2D eigenvalue weighted by molar-refractivity contribution is -0.133. The molecule has 0 unspecified atom stereocenters. The maximum absolute atomic E-state index is 12.8. The molecule has 0 spiro atoms. The maximum atomic E-state index is 12.8. The Morgan fingerprint density at radius 1 is 1.29 bits per heavy atom. The highest BCUT2D eigenvalue weighted by Crippen LogP contribution is 2.36. The second-order valence-corrected chi connectivity index (χ2v) is 7.40. The van der Waals surface area contributed by atoms with Crippen molar-refractivity contribution in [2.45, 2.75) is 50.5 Å². The van der Waals surface area contributed by atoms with E-state index in [1.807, 2.05) is 18.0 Å². The molecule has 1 aromatic rings. The van der Waals surface area contributed by atoms with Crippen LogP contribution in [0.2, 0.25) is 0 Å². The Hall–Kier alpha value is -1.55. The molecule has 2 aliphatic rings. The van der Waals surface area contributed by atoms with Gasteiger partial charge in [0.1, 0.15) is 5.75 Å². The lowest BCUT2D eigenvalue weighted by Crippen LogP contribution is -2.44. The van der Waals surface area contributed by atoms with E-state index in [0.29, 0.717) is 24.3 Å². The number of carbonyl (C=O) groups excluding carboxylic acids is 1. The highest BCUT2D eigenvalue weighted by atomic mass is 16.5. The Morgan fingerprint density at radius 3 is 2.75 bits per heavy atom. The zero-order valence-electron chi connectivity index (χ0n) is 15.3. The zero-order valence-corrected chi connectivity index (χ0v) is 15.3. The summed E-state index contributed by atoms with van der Waals surface area (Å²) in [4.78, 5) is 17.2. The van der Waals surface area contributed by atoms with Gasteiger partial charge in [-0.1, -0.05) is 6.07 Å². The summed E-state index contributed by atoms with van der Waals surface area (Å²) in [6.45, 7) is 2.18. The summed E-state index contributed by atoms with van der Waals surface area (Å²) in [5.41, 5.74) is 2.72. The van der Waals surface area contributed by atoms with Crippen LogP contribution in [-0.4, -0.2) is 56.0 Å². The van der Waals surface area contributed by atoms with E-state index in [9.17, 15) is 4.79 Å². The van der Waals surface area contributed by atoms with Crippen molar-refractivity contribution in [3.63, 3.8) is 0 Å². The summed E-state index contributed by atoms with van der Waals surface area (Å²) in [7, 11) is 5.86. The molecule has 4 heteroatoms. The van der Waals surface area contributed by atoms with Crippen LogP contribution in [0.4, 0.5) is 0 Å². The number of hydrogen-bond donors (Lipinski definition) is 0. The number of benzene rings is 1. The first-order valence-electron chi connectivity index (χ1n) is 9.19. The quantitative estimate of drug-likeness (QED) is 0.850. The normalized spacial score (nSPS) is 22.0. The number of methoxy groups -OCH3 is 1. The van der Waals surface area contributed by atoms with Crippen LogP contribution in [0.1, 0.15) is 49.1 Å². The number of rotatable bonds is 4. The van der Waals surface area contributed by atoms with Gasteiger partial charge in [0.25, 0.3) is 0 Å². The monoisotopic (exact) mass is 330 g/mol. The molecule has 1 heterocycles. The summed E-state index contributed by atoms with van der Waals surface area (Å²) in [6.07, 6.45) is 6.21. The lowest BCUT2D eigenvalue weighted by atomic mass is 9.80. The average Bonchev–Trinajstić information content (AvgIpc) is 2.61. The van der Waals surface area contributed by atoms with Crippen molar-refractivity contribution in [1.82, 2.24) is 9.80 Å². The van der Waals surface area contributed by atoms with Gasteiger partial charge in [0.05, 0.1) is 7.11 Å². The highest BCUT2D eigenvalue weighted by molar-refractivity contribution is 5.77. The molecule has 1 aliphatic heterocycles. The topological polar surface area (TPSA) is 32.8 Å². The second kappa shape index (κ2) is 7.56. The molecule has 4 nitrogen and oxygen atoms in total. The number of carbonyl (C=O) groups is 1. The van der Waals surface area contributed by atoms with Gasteiger partial charge in [0.2, 0.25) is 5.91 Å². The molecule has 1 fully saturated rings. The summed E-state index contributed by atoms with van der Waals surface area (Å²) in [6, 6.07) is 6.75. The third-order valence-corrected chi connectivity index (χ3v) is 5.84. The van der Waals surface area contributed by atoms with Gasteiger partial charge in [-0.05, 0) is 81.4 Å². The molecule has 1 aromatic carbocycles. The molecule has 1 amide bonds. The summed E-state index contributed by atoms with van der Waals surface area (Å²) >= 11 is 0. The summed E-state index contributed by atoms with van der Waals surface area (Å²) < 4.78 is 5.34. The van der Waals surface area contributed by atoms with E-state index in [1.54, 1.807) is 7.11 Å². The van der Waals surface area contributed by atoms with Crippen molar-refractivity contribution in [1.29, 1.82) is 0 Å².